The number of ether oxygens (including phenoxy) is 1. The van der Waals surface area contributed by atoms with E-state index < -0.39 is 6.04 Å². The van der Waals surface area contributed by atoms with Gasteiger partial charge in [-0.1, -0.05) is 36.4 Å². The number of aliphatic imine (C=N–C) groups is 1. The minimum absolute atomic E-state index is 0.422. The molecule has 0 aliphatic carbocycles. The fourth-order valence-corrected chi connectivity index (χ4v) is 2.12. The molecule has 0 fully saturated rings. The van der Waals surface area contributed by atoms with E-state index in [0.717, 1.165) is 28.8 Å². The second-order valence-electron chi connectivity index (χ2n) is 4.53. The molecule has 2 aromatic carbocycles. The van der Waals surface area contributed by atoms with Crippen LogP contribution >= 0.6 is 0 Å². The first kappa shape index (κ1) is 12.4. The van der Waals surface area contributed by atoms with Gasteiger partial charge in [0.1, 0.15) is 24.7 Å². The molecule has 3 rings (SSSR count). The van der Waals surface area contributed by atoms with Crippen LogP contribution in [-0.4, -0.2) is 12.6 Å². The summed E-state index contributed by atoms with van der Waals surface area (Å²) in [6.07, 6.45) is 2.38. The summed E-state index contributed by atoms with van der Waals surface area (Å²) >= 11 is 0. The average molecular weight is 266 g/mol. The highest BCUT2D eigenvalue weighted by molar-refractivity contribution is 5.85. The fourth-order valence-electron chi connectivity index (χ4n) is 2.12. The number of anilines is 1. The topological polar surface area (TPSA) is 50.7 Å². The summed E-state index contributed by atoms with van der Waals surface area (Å²) in [5.74, 6) is 0.764. The third-order valence-electron chi connectivity index (χ3n) is 3.18. The number of rotatable bonds is 4. The van der Waals surface area contributed by atoms with E-state index in [2.05, 4.69) is 10.3 Å². The average Bonchev–Trinajstić information content (AvgIpc) is 2.53. The van der Waals surface area contributed by atoms with Gasteiger partial charge >= 0.3 is 0 Å². The van der Waals surface area contributed by atoms with E-state index in [1.807, 2.05) is 48.5 Å². The molecule has 1 N–H and O–H groups in total. The number of nitrogens with zero attached hydrogens (tertiary/aromatic N) is 1. The Hall–Kier alpha value is -2.62. The molecule has 0 amide bonds. The Morgan fingerprint density at radius 3 is 2.85 bits per heavy atom. The van der Waals surface area contributed by atoms with E-state index in [-0.39, 0.29) is 0 Å². The summed E-state index contributed by atoms with van der Waals surface area (Å²) in [4.78, 5) is 15.0. The Kier molecular flexibility index (Phi) is 3.46. The summed E-state index contributed by atoms with van der Waals surface area (Å²) in [6, 6.07) is 15.2. The lowest BCUT2D eigenvalue weighted by molar-refractivity contribution is -0.108. The third-order valence-corrected chi connectivity index (χ3v) is 3.18. The van der Waals surface area contributed by atoms with Crippen molar-refractivity contribution in [2.24, 2.45) is 4.99 Å². The lowest BCUT2D eigenvalue weighted by Gasteiger charge is -2.18. The molecule has 0 saturated heterocycles. The van der Waals surface area contributed by atoms with Crippen LogP contribution in [0.4, 0.5) is 5.69 Å². The highest BCUT2D eigenvalue weighted by Gasteiger charge is 2.16. The van der Waals surface area contributed by atoms with Gasteiger partial charge in [0.25, 0.3) is 0 Å². The summed E-state index contributed by atoms with van der Waals surface area (Å²) < 4.78 is 5.75. The van der Waals surface area contributed by atoms with Crippen LogP contribution in [0.2, 0.25) is 0 Å². The van der Waals surface area contributed by atoms with Gasteiger partial charge in [-0.15, -0.1) is 0 Å². The molecule has 1 unspecified atom stereocenters. The summed E-state index contributed by atoms with van der Waals surface area (Å²) in [7, 11) is 0. The highest BCUT2D eigenvalue weighted by Crippen LogP contribution is 2.30. The van der Waals surface area contributed by atoms with E-state index in [1.54, 1.807) is 6.34 Å². The second kappa shape index (κ2) is 5.57. The van der Waals surface area contributed by atoms with Crippen molar-refractivity contribution >= 4 is 18.3 Å². The van der Waals surface area contributed by atoms with Crippen LogP contribution < -0.4 is 10.1 Å². The minimum atomic E-state index is -0.422. The predicted octanol–water partition coefficient (Wildman–Crippen LogP) is 2.96. The number of benzene rings is 2. The van der Waals surface area contributed by atoms with E-state index in [1.165, 1.54) is 0 Å². The van der Waals surface area contributed by atoms with E-state index in [9.17, 15) is 4.79 Å². The van der Waals surface area contributed by atoms with Crippen LogP contribution in [0.25, 0.3) is 0 Å². The molecule has 1 atom stereocenters. The fraction of sp³-hybridized carbons (Fsp3) is 0.125. The standard InChI is InChI=1S/C16H14N2O2/c19-9-16-14-7-6-13(8-15(14)17-11-18-16)20-10-12-4-2-1-3-5-12/h1-9,11,16H,10H2,(H,17,18). The van der Waals surface area contributed by atoms with E-state index >= 15 is 0 Å². The molecule has 4 nitrogen and oxygen atoms in total. The zero-order valence-electron chi connectivity index (χ0n) is 10.8. The highest BCUT2D eigenvalue weighted by atomic mass is 16.5. The largest absolute Gasteiger partial charge is 0.489 e. The summed E-state index contributed by atoms with van der Waals surface area (Å²) in [5.41, 5.74) is 2.85. The Morgan fingerprint density at radius 2 is 2.05 bits per heavy atom. The molecule has 0 spiro atoms. The number of carbonyl (C=O) groups is 1. The molecule has 4 heteroatoms. The Morgan fingerprint density at radius 1 is 1.20 bits per heavy atom. The Labute approximate surface area is 117 Å². The van der Waals surface area contributed by atoms with Gasteiger partial charge in [0, 0.05) is 17.3 Å². The molecule has 0 radical (unpaired) electrons. The maximum Gasteiger partial charge on any atom is 0.149 e. The lowest BCUT2D eigenvalue weighted by atomic mass is 10.0. The molecule has 0 bridgehead atoms. The molecule has 0 aromatic heterocycles. The zero-order chi connectivity index (χ0) is 13.8. The maximum atomic E-state index is 10.9. The van der Waals surface area contributed by atoms with Crippen molar-refractivity contribution in [2.45, 2.75) is 12.6 Å². The maximum absolute atomic E-state index is 10.9. The van der Waals surface area contributed by atoms with Gasteiger partial charge in [0.15, 0.2) is 0 Å². The number of carbonyl (C=O) groups excluding carboxylic acids is 1. The van der Waals surface area contributed by atoms with E-state index in [4.69, 9.17) is 4.74 Å². The second-order valence-corrected chi connectivity index (χ2v) is 4.53. The number of aldehydes is 1. The number of hydrogen-bond acceptors (Lipinski definition) is 4. The van der Waals surface area contributed by atoms with Crippen LogP contribution in [0.15, 0.2) is 53.5 Å². The summed E-state index contributed by atoms with van der Waals surface area (Å²) in [5, 5.41) is 3.03. The molecule has 100 valence electrons. The molecular formula is C16H14N2O2. The number of hydrogen-bond donors (Lipinski definition) is 1. The van der Waals surface area contributed by atoms with Gasteiger partial charge in [-0.25, -0.2) is 0 Å². The molecule has 20 heavy (non-hydrogen) atoms. The van der Waals surface area contributed by atoms with E-state index in [0.29, 0.717) is 6.61 Å². The van der Waals surface area contributed by atoms with Gasteiger partial charge < -0.3 is 14.8 Å². The molecule has 1 aliphatic rings. The van der Waals surface area contributed by atoms with Crippen molar-refractivity contribution in [3.63, 3.8) is 0 Å². The molecule has 1 heterocycles. The lowest BCUT2D eigenvalue weighted by Crippen LogP contribution is -2.11. The third kappa shape index (κ3) is 2.54. The molecule has 0 saturated carbocycles. The van der Waals surface area contributed by atoms with Gasteiger partial charge in [0.05, 0.1) is 6.34 Å². The molecule has 2 aromatic rings. The van der Waals surface area contributed by atoms with Crippen molar-refractivity contribution < 1.29 is 9.53 Å². The Bertz CT molecular complexity index is 638. The van der Waals surface area contributed by atoms with Crippen LogP contribution in [0.1, 0.15) is 17.2 Å². The first-order valence-electron chi connectivity index (χ1n) is 6.41. The normalized spacial score (nSPS) is 16.1. The Balaban J connectivity index is 1.75. The first-order chi connectivity index (χ1) is 9.86. The van der Waals surface area contributed by atoms with Crippen LogP contribution in [0.3, 0.4) is 0 Å². The summed E-state index contributed by atoms with van der Waals surface area (Å²) in [6.45, 7) is 0.519. The predicted molar refractivity (Wildman–Crippen MR) is 78.1 cm³/mol. The van der Waals surface area contributed by atoms with Crippen LogP contribution in [0, 0.1) is 0 Å². The van der Waals surface area contributed by atoms with Crippen molar-refractivity contribution in [2.75, 3.05) is 5.32 Å². The molecule has 1 aliphatic heterocycles. The monoisotopic (exact) mass is 266 g/mol. The van der Waals surface area contributed by atoms with Gasteiger partial charge in [0.2, 0.25) is 0 Å². The first-order valence-corrected chi connectivity index (χ1v) is 6.41. The van der Waals surface area contributed by atoms with Crippen LogP contribution in [-0.2, 0) is 11.4 Å². The van der Waals surface area contributed by atoms with Gasteiger partial charge in [-0.3, -0.25) is 4.99 Å². The smallest absolute Gasteiger partial charge is 0.149 e. The number of nitrogens with one attached hydrogen (secondary N) is 1. The van der Waals surface area contributed by atoms with Crippen molar-refractivity contribution in [3.8, 4) is 5.75 Å². The SMILES string of the molecule is O=CC1N=CNc2cc(OCc3ccccc3)ccc21. The zero-order valence-corrected chi connectivity index (χ0v) is 10.8. The van der Waals surface area contributed by atoms with Crippen LogP contribution in [0.5, 0.6) is 5.75 Å². The number of fused-ring (bicyclic) bond motifs is 1. The van der Waals surface area contributed by atoms with Gasteiger partial charge in [-0.05, 0) is 11.6 Å². The van der Waals surface area contributed by atoms with Gasteiger partial charge in [-0.2, -0.15) is 0 Å². The minimum Gasteiger partial charge on any atom is -0.489 e. The van der Waals surface area contributed by atoms with Crippen molar-refractivity contribution in [3.05, 3.63) is 59.7 Å². The van der Waals surface area contributed by atoms with Crippen molar-refractivity contribution in [1.29, 1.82) is 0 Å². The van der Waals surface area contributed by atoms with Crippen molar-refractivity contribution in [1.82, 2.24) is 0 Å². The molecular weight excluding hydrogens is 252 g/mol. The quantitative estimate of drug-likeness (QED) is 0.865.